The number of nitrogens with zero attached hydrogens (tertiary/aromatic N) is 1. The number of benzene rings is 1. The fourth-order valence-corrected chi connectivity index (χ4v) is 2.14. The summed E-state index contributed by atoms with van der Waals surface area (Å²) < 4.78 is 6.50. The zero-order valence-electron chi connectivity index (χ0n) is 12.4. The maximum absolute atomic E-state index is 12.4. The molecule has 0 aliphatic carbocycles. The molecule has 0 radical (unpaired) electrons. The van der Waals surface area contributed by atoms with Crippen LogP contribution in [0.25, 0.3) is 0 Å². The molecule has 0 saturated heterocycles. The van der Waals surface area contributed by atoms with E-state index in [4.69, 9.17) is 9.84 Å². The van der Waals surface area contributed by atoms with Crippen LogP contribution < -0.4 is 4.74 Å². The van der Waals surface area contributed by atoms with E-state index in [0.29, 0.717) is 24.3 Å². The van der Waals surface area contributed by atoms with Gasteiger partial charge in [-0.2, -0.15) is 0 Å². The van der Waals surface area contributed by atoms with Gasteiger partial charge in [0.05, 0.1) is 11.7 Å². The first-order valence-corrected chi connectivity index (χ1v) is 7.54. The van der Waals surface area contributed by atoms with Gasteiger partial charge < -0.3 is 14.7 Å². The lowest BCUT2D eigenvalue weighted by Gasteiger charge is -2.20. The van der Waals surface area contributed by atoms with Crippen LogP contribution in [-0.4, -0.2) is 41.6 Å². The minimum atomic E-state index is -0.858. The van der Waals surface area contributed by atoms with Crippen LogP contribution in [0.2, 0.25) is 0 Å². The molecule has 0 atom stereocenters. The highest BCUT2D eigenvalue weighted by atomic mass is 79.9. The average Bonchev–Trinajstić information content (AvgIpc) is 2.36. The quantitative estimate of drug-likeness (QED) is 0.813. The minimum absolute atomic E-state index is 0.0387. The lowest BCUT2D eigenvalue weighted by molar-refractivity contribution is -0.137. The first kappa shape index (κ1) is 17.5. The smallest absolute Gasteiger partial charge is 0.303 e. The Bertz CT molecular complexity index is 516. The number of carbonyl (C=O) groups is 2. The first-order valence-electron chi connectivity index (χ1n) is 6.74. The normalized spacial score (nSPS) is 10.5. The number of ether oxygens (including phenoxy) is 1. The van der Waals surface area contributed by atoms with Crippen LogP contribution in [0.5, 0.6) is 5.75 Å². The monoisotopic (exact) mass is 357 g/mol. The SMILES string of the molecule is CC(C)Oc1cc(Br)ccc1C(=O)N(C)CCCC(=O)O. The number of amides is 1. The van der Waals surface area contributed by atoms with Crippen molar-refractivity contribution >= 4 is 27.8 Å². The molecule has 1 aromatic carbocycles. The van der Waals surface area contributed by atoms with Crippen molar-refractivity contribution in [2.75, 3.05) is 13.6 Å². The molecule has 0 aliphatic rings. The molecule has 1 aromatic rings. The summed E-state index contributed by atoms with van der Waals surface area (Å²) in [6.07, 6.45) is 0.435. The third-order valence-electron chi connectivity index (χ3n) is 2.77. The molecular weight excluding hydrogens is 338 g/mol. The van der Waals surface area contributed by atoms with Gasteiger partial charge in [-0.25, -0.2) is 0 Å². The number of aliphatic carboxylic acids is 1. The summed E-state index contributed by atoms with van der Waals surface area (Å²) in [5, 5.41) is 8.63. The van der Waals surface area contributed by atoms with Gasteiger partial charge in [-0.15, -0.1) is 0 Å². The molecule has 1 rings (SSSR count). The summed E-state index contributed by atoms with van der Waals surface area (Å²) >= 11 is 3.36. The molecule has 1 amide bonds. The molecule has 0 aliphatic heterocycles. The molecule has 116 valence electrons. The van der Waals surface area contributed by atoms with E-state index in [0.717, 1.165) is 4.47 Å². The molecule has 0 heterocycles. The average molecular weight is 358 g/mol. The van der Waals surface area contributed by atoms with E-state index in [1.807, 2.05) is 13.8 Å². The Morgan fingerprint density at radius 1 is 1.38 bits per heavy atom. The van der Waals surface area contributed by atoms with Gasteiger partial charge in [0.1, 0.15) is 5.75 Å². The van der Waals surface area contributed by atoms with Crippen LogP contribution in [0.1, 0.15) is 37.0 Å². The molecule has 0 bridgehead atoms. The Morgan fingerprint density at radius 2 is 2.05 bits per heavy atom. The third kappa shape index (κ3) is 5.75. The molecule has 0 saturated carbocycles. The van der Waals surface area contributed by atoms with E-state index < -0.39 is 5.97 Å². The third-order valence-corrected chi connectivity index (χ3v) is 3.26. The maximum Gasteiger partial charge on any atom is 0.303 e. The molecule has 5 nitrogen and oxygen atoms in total. The molecular formula is C15H20BrNO4. The largest absolute Gasteiger partial charge is 0.490 e. The van der Waals surface area contributed by atoms with Crippen LogP contribution in [0.15, 0.2) is 22.7 Å². The summed E-state index contributed by atoms with van der Waals surface area (Å²) in [4.78, 5) is 24.4. The highest BCUT2D eigenvalue weighted by Gasteiger charge is 2.18. The van der Waals surface area contributed by atoms with Crippen LogP contribution in [-0.2, 0) is 4.79 Å². The van der Waals surface area contributed by atoms with Crippen LogP contribution in [0, 0.1) is 0 Å². The molecule has 0 spiro atoms. The summed E-state index contributed by atoms with van der Waals surface area (Å²) in [5.74, 6) is -0.513. The van der Waals surface area contributed by atoms with Crippen molar-refractivity contribution in [3.05, 3.63) is 28.2 Å². The molecule has 0 aromatic heterocycles. The second-order valence-electron chi connectivity index (χ2n) is 5.03. The van der Waals surface area contributed by atoms with Crippen LogP contribution >= 0.6 is 15.9 Å². The topological polar surface area (TPSA) is 66.8 Å². The van der Waals surface area contributed by atoms with E-state index in [2.05, 4.69) is 15.9 Å². The van der Waals surface area contributed by atoms with E-state index in [9.17, 15) is 9.59 Å². The Hall–Kier alpha value is -1.56. The number of carbonyl (C=O) groups excluding carboxylic acids is 1. The summed E-state index contributed by atoms with van der Waals surface area (Å²) in [5.41, 5.74) is 0.477. The lowest BCUT2D eigenvalue weighted by Crippen LogP contribution is -2.28. The molecule has 1 N–H and O–H groups in total. The second-order valence-corrected chi connectivity index (χ2v) is 5.95. The van der Waals surface area contributed by atoms with Gasteiger partial charge in [-0.3, -0.25) is 9.59 Å². The van der Waals surface area contributed by atoms with Gasteiger partial charge in [-0.05, 0) is 38.5 Å². The number of carboxylic acids is 1. The van der Waals surface area contributed by atoms with Gasteiger partial charge in [0.25, 0.3) is 5.91 Å². The summed E-state index contributed by atoms with van der Waals surface area (Å²) in [6, 6.07) is 5.25. The van der Waals surface area contributed by atoms with Crippen molar-refractivity contribution in [1.82, 2.24) is 4.90 Å². The van der Waals surface area contributed by atoms with Crippen molar-refractivity contribution in [1.29, 1.82) is 0 Å². The number of hydrogen-bond donors (Lipinski definition) is 1. The Labute approximate surface area is 133 Å². The van der Waals surface area contributed by atoms with Crippen molar-refractivity contribution in [3.63, 3.8) is 0 Å². The maximum atomic E-state index is 12.4. The number of halogens is 1. The number of carboxylic acid groups (broad SMARTS) is 1. The Morgan fingerprint density at radius 3 is 2.62 bits per heavy atom. The molecule has 21 heavy (non-hydrogen) atoms. The Balaban J connectivity index is 2.83. The predicted molar refractivity (Wildman–Crippen MR) is 83.7 cm³/mol. The molecule has 0 unspecified atom stereocenters. The molecule has 0 fully saturated rings. The van der Waals surface area contributed by atoms with E-state index in [1.165, 1.54) is 4.90 Å². The van der Waals surface area contributed by atoms with Gasteiger partial charge in [0, 0.05) is 24.5 Å². The van der Waals surface area contributed by atoms with E-state index >= 15 is 0 Å². The van der Waals surface area contributed by atoms with Gasteiger partial charge in [0.2, 0.25) is 0 Å². The van der Waals surface area contributed by atoms with Gasteiger partial charge >= 0.3 is 5.97 Å². The number of hydrogen-bond acceptors (Lipinski definition) is 3. The second kappa shape index (κ2) is 8.02. The lowest BCUT2D eigenvalue weighted by atomic mass is 10.1. The summed E-state index contributed by atoms with van der Waals surface area (Å²) in [7, 11) is 1.66. The zero-order valence-corrected chi connectivity index (χ0v) is 14.0. The zero-order chi connectivity index (χ0) is 16.0. The number of rotatable bonds is 7. The van der Waals surface area contributed by atoms with Crippen molar-refractivity contribution in [2.24, 2.45) is 0 Å². The van der Waals surface area contributed by atoms with E-state index in [-0.39, 0.29) is 18.4 Å². The minimum Gasteiger partial charge on any atom is -0.490 e. The predicted octanol–water partition coefficient (Wildman–Crippen LogP) is 3.17. The fraction of sp³-hybridized carbons (Fsp3) is 0.467. The van der Waals surface area contributed by atoms with Crippen LogP contribution in [0.4, 0.5) is 0 Å². The van der Waals surface area contributed by atoms with Crippen molar-refractivity contribution in [2.45, 2.75) is 32.8 Å². The highest BCUT2D eigenvalue weighted by molar-refractivity contribution is 9.10. The van der Waals surface area contributed by atoms with Crippen molar-refractivity contribution < 1.29 is 19.4 Å². The Kier molecular flexibility index (Phi) is 6.68. The summed E-state index contributed by atoms with van der Waals surface area (Å²) in [6.45, 7) is 4.18. The van der Waals surface area contributed by atoms with Gasteiger partial charge in [-0.1, -0.05) is 15.9 Å². The van der Waals surface area contributed by atoms with Crippen LogP contribution in [0.3, 0.4) is 0 Å². The van der Waals surface area contributed by atoms with Gasteiger partial charge in [0.15, 0.2) is 0 Å². The standard InChI is InChI=1S/C15H20BrNO4/c1-10(2)21-13-9-11(16)6-7-12(13)15(20)17(3)8-4-5-14(18)19/h6-7,9-10H,4-5,8H2,1-3H3,(H,18,19). The highest BCUT2D eigenvalue weighted by Crippen LogP contribution is 2.26. The fourth-order valence-electron chi connectivity index (χ4n) is 1.80. The van der Waals surface area contributed by atoms with E-state index in [1.54, 1.807) is 25.2 Å². The molecule has 6 heteroatoms. The first-order chi connectivity index (χ1) is 9.81. The van der Waals surface area contributed by atoms with Crippen molar-refractivity contribution in [3.8, 4) is 5.75 Å².